The second-order valence-corrected chi connectivity index (χ2v) is 3.94. The molecule has 0 spiro atoms. The van der Waals surface area contributed by atoms with Gasteiger partial charge in [-0.1, -0.05) is 0 Å². The molecule has 0 aliphatic carbocycles. The molecule has 1 aromatic carbocycles. The van der Waals surface area contributed by atoms with Crippen molar-refractivity contribution in [2.24, 2.45) is 10.7 Å². The first-order valence-electron chi connectivity index (χ1n) is 5.76. The summed E-state index contributed by atoms with van der Waals surface area (Å²) in [7, 11) is 4.56. The van der Waals surface area contributed by atoms with Crippen LogP contribution in [0.25, 0.3) is 6.08 Å². The van der Waals surface area contributed by atoms with E-state index in [4.69, 9.17) is 19.9 Å². The smallest absolute Gasteiger partial charge is 0.276 e. The number of carbonyl (C=O) groups excluding carboxylic acids is 1. The standard InChI is InChI=1S/C13H15N3O4.ClH/c1-18-9-5-7(6-10(19-2)11(9)20-3)4-8-12(17)16-13(14)15-8;/h4-6H,1-3H3,(H3,14,15,16,17);1H/b8-4-;. The highest BCUT2D eigenvalue weighted by molar-refractivity contribution is 6.13. The SMILES string of the molecule is COc1cc(/C=C2\N=C(N)NC2=O)cc(OC)c1OC.Cl. The van der Waals surface area contributed by atoms with E-state index >= 15 is 0 Å². The van der Waals surface area contributed by atoms with Crippen LogP contribution in [0.15, 0.2) is 22.8 Å². The number of guanidine groups is 1. The van der Waals surface area contributed by atoms with E-state index in [2.05, 4.69) is 10.3 Å². The maximum Gasteiger partial charge on any atom is 0.276 e. The van der Waals surface area contributed by atoms with E-state index in [9.17, 15) is 4.79 Å². The summed E-state index contributed by atoms with van der Waals surface area (Å²) in [4.78, 5) is 15.5. The Labute approximate surface area is 128 Å². The summed E-state index contributed by atoms with van der Waals surface area (Å²) in [5, 5.41) is 2.40. The van der Waals surface area contributed by atoms with Crippen LogP contribution in [-0.2, 0) is 4.79 Å². The molecule has 3 N–H and O–H groups in total. The number of benzene rings is 1. The Morgan fingerprint density at radius 2 is 1.71 bits per heavy atom. The summed E-state index contributed by atoms with van der Waals surface area (Å²) in [5.74, 6) is 1.20. The second kappa shape index (κ2) is 6.85. The minimum absolute atomic E-state index is 0. The van der Waals surface area contributed by atoms with Crippen molar-refractivity contribution in [1.29, 1.82) is 0 Å². The molecule has 1 amide bonds. The lowest BCUT2D eigenvalue weighted by atomic mass is 10.1. The third kappa shape index (κ3) is 3.38. The molecule has 8 heteroatoms. The molecule has 21 heavy (non-hydrogen) atoms. The van der Waals surface area contributed by atoms with Crippen LogP contribution in [-0.4, -0.2) is 33.2 Å². The molecule has 0 aromatic heterocycles. The highest BCUT2D eigenvalue weighted by atomic mass is 35.5. The number of hydrogen-bond acceptors (Lipinski definition) is 6. The summed E-state index contributed by atoms with van der Waals surface area (Å²) in [5.41, 5.74) is 6.34. The molecule has 2 rings (SSSR count). The molecular weight excluding hydrogens is 298 g/mol. The maximum atomic E-state index is 11.6. The van der Waals surface area contributed by atoms with Crippen molar-refractivity contribution in [2.45, 2.75) is 0 Å². The molecule has 0 unspecified atom stereocenters. The van der Waals surface area contributed by atoms with E-state index in [0.29, 0.717) is 22.8 Å². The third-order valence-electron chi connectivity index (χ3n) is 2.71. The van der Waals surface area contributed by atoms with Gasteiger partial charge in [0, 0.05) is 0 Å². The lowest BCUT2D eigenvalue weighted by molar-refractivity contribution is -0.115. The fraction of sp³-hybridized carbons (Fsp3) is 0.231. The first kappa shape index (κ1) is 16.6. The van der Waals surface area contributed by atoms with E-state index in [1.165, 1.54) is 21.3 Å². The number of ether oxygens (including phenoxy) is 3. The van der Waals surface area contributed by atoms with Crippen molar-refractivity contribution in [3.05, 3.63) is 23.4 Å². The Morgan fingerprint density at radius 1 is 1.14 bits per heavy atom. The Bertz CT molecular complexity index is 588. The van der Waals surface area contributed by atoms with Gasteiger partial charge in [0.1, 0.15) is 5.70 Å². The van der Waals surface area contributed by atoms with Crippen LogP contribution in [0.4, 0.5) is 0 Å². The zero-order chi connectivity index (χ0) is 14.7. The van der Waals surface area contributed by atoms with Crippen molar-refractivity contribution >= 4 is 30.3 Å². The number of hydrogen-bond donors (Lipinski definition) is 2. The molecule has 0 bridgehead atoms. The summed E-state index contributed by atoms with van der Waals surface area (Å²) in [6, 6.07) is 3.43. The second-order valence-electron chi connectivity index (χ2n) is 3.94. The average Bonchev–Trinajstić information content (AvgIpc) is 2.75. The van der Waals surface area contributed by atoms with E-state index in [1.54, 1.807) is 18.2 Å². The Hall–Kier alpha value is -2.41. The van der Waals surface area contributed by atoms with Gasteiger partial charge in [0.2, 0.25) is 11.7 Å². The molecule has 1 aliphatic heterocycles. The number of aliphatic imine (C=N–C) groups is 1. The van der Waals surface area contributed by atoms with E-state index < -0.39 is 0 Å². The number of halogens is 1. The van der Waals surface area contributed by atoms with Crippen LogP contribution in [0, 0.1) is 0 Å². The Morgan fingerprint density at radius 3 is 2.10 bits per heavy atom. The fourth-order valence-corrected chi connectivity index (χ4v) is 1.83. The van der Waals surface area contributed by atoms with Crippen molar-refractivity contribution in [1.82, 2.24) is 5.32 Å². The number of methoxy groups -OCH3 is 3. The molecule has 0 radical (unpaired) electrons. The third-order valence-corrected chi connectivity index (χ3v) is 2.71. The number of carbonyl (C=O) groups is 1. The van der Waals surface area contributed by atoms with Crippen LogP contribution >= 0.6 is 12.4 Å². The van der Waals surface area contributed by atoms with Gasteiger partial charge in [0.15, 0.2) is 11.5 Å². The van der Waals surface area contributed by atoms with Gasteiger partial charge in [0.25, 0.3) is 5.91 Å². The predicted octanol–water partition coefficient (Wildman–Crippen LogP) is 0.920. The lowest BCUT2D eigenvalue weighted by Crippen LogP contribution is -2.30. The molecule has 0 saturated carbocycles. The van der Waals surface area contributed by atoms with E-state index in [1.807, 2.05) is 0 Å². The highest BCUT2D eigenvalue weighted by Crippen LogP contribution is 2.38. The first-order valence-corrected chi connectivity index (χ1v) is 5.76. The fourth-order valence-electron chi connectivity index (χ4n) is 1.83. The van der Waals surface area contributed by atoms with Crippen LogP contribution in [0.5, 0.6) is 17.2 Å². The average molecular weight is 314 g/mol. The molecule has 1 aromatic rings. The van der Waals surface area contributed by atoms with Crippen molar-refractivity contribution in [3.63, 3.8) is 0 Å². The van der Waals surface area contributed by atoms with Gasteiger partial charge in [-0.2, -0.15) is 0 Å². The Kier molecular flexibility index (Phi) is 5.43. The normalized spacial score (nSPS) is 15.1. The molecule has 114 valence electrons. The quantitative estimate of drug-likeness (QED) is 0.806. The van der Waals surface area contributed by atoms with E-state index in [-0.39, 0.29) is 30.0 Å². The minimum Gasteiger partial charge on any atom is -0.493 e. The van der Waals surface area contributed by atoms with Gasteiger partial charge in [-0.15, -0.1) is 12.4 Å². The Balaban J connectivity index is 0.00000220. The van der Waals surface area contributed by atoms with E-state index in [0.717, 1.165) is 0 Å². The zero-order valence-corrected chi connectivity index (χ0v) is 12.6. The maximum absolute atomic E-state index is 11.6. The largest absolute Gasteiger partial charge is 0.493 e. The summed E-state index contributed by atoms with van der Waals surface area (Å²) in [6.07, 6.45) is 1.58. The van der Waals surface area contributed by atoms with Crippen LogP contribution < -0.4 is 25.3 Å². The lowest BCUT2D eigenvalue weighted by Gasteiger charge is -2.12. The number of nitrogens with one attached hydrogen (secondary N) is 1. The topological polar surface area (TPSA) is 95.2 Å². The highest BCUT2D eigenvalue weighted by Gasteiger charge is 2.19. The van der Waals surface area contributed by atoms with Gasteiger partial charge in [-0.25, -0.2) is 4.99 Å². The van der Waals surface area contributed by atoms with Crippen LogP contribution in [0.3, 0.4) is 0 Å². The molecule has 0 atom stereocenters. The van der Waals surface area contributed by atoms with Crippen molar-refractivity contribution in [3.8, 4) is 17.2 Å². The monoisotopic (exact) mass is 313 g/mol. The number of nitrogens with zero attached hydrogens (tertiary/aromatic N) is 1. The molecule has 1 aliphatic rings. The van der Waals surface area contributed by atoms with Crippen LogP contribution in [0.1, 0.15) is 5.56 Å². The first-order chi connectivity index (χ1) is 9.58. The van der Waals surface area contributed by atoms with Gasteiger partial charge in [-0.3, -0.25) is 10.1 Å². The summed E-state index contributed by atoms with van der Waals surface area (Å²) >= 11 is 0. The summed E-state index contributed by atoms with van der Waals surface area (Å²) < 4.78 is 15.7. The van der Waals surface area contributed by atoms with Gasteiger partial charge >= 0.3 is 0 Å². The molecule has 0 saturated heterocycles. The van der Waals surface area contributed by atoms with Gasteiger partial charge in [-0.05, 0) is 23.8 Å². The predicted molar refractivity (Wildman–Crippen MR) is 81.1 cm³/mol. The molecular formula is C13H16ClN3O4. The molecule has 1 heterocycles. The van der Waals surface area contributed by atoms with Crippen molar-refractivity contribution in [2.75, 3.05) is 21.3 Å². The number of rotatable bonds is 4. The van der Waals surface area contributed by atoms with Gasteiger partial charge < -0.3 is 19.9 Å². The number of nitrogens with two attached hydrogens (primary N) is 1. The molecule has 7 nitrogen and oxygen atoms in total. The van der Waals surface area contributed by atoms with Gasteiger partial charge in [0.05, 0.1) is 21.3 Å². The van der Waals surface area contributed by atoms with Crippen molar-refractivity contribution < 1.29 is 19.0 Å². The zero-order valence-electron chi connectivity index (χ0n) is 11.8. The number of amides is 1. The minimum atomic E-state index is -0.351. The van der Waals surface area contributed by atoms with Crippen LogP contribution in [0.2, 0.25) is 0 Å². The molecule has 0 fully saturated rings. The summed E-state index contributed by atoms with van der Waals surface area (Å²) in [6.45, 7) is 0.